The van der Waals surface area contributed by atoms with Gasteiger partial charge in [-0.1, -0.05) is 23.2 Å². The average Bonchev–Trinajstić information content (AvgIpc) is 2.32. The number of esters is 1. The van der Waals surface area contributed by atoms with E-state index in [-0.39, 0.29) is 10.0 Å². The Kier molecular flexibility index (Phi) is 4.92. The van der Waals surface area contributed by atoms with Crippen molar-refractivity contribution in [2.75, 3.05) is 7.11 Å². The van der Waals surface area contributed by atoms with E-state index in [1.165, 1.54) is 12.0 Å². The summed E-state index contributed by atoms with van der Waals surface area (Å²) in [7, 11) is 0.944. The maximum Gasteiger partial charge on any atom is 0.433 e. The van der Waals surface area contributed by atoms with Gasteiger partial charge in [0.05, 0.1) is 7.11 Å². The van der Waals surface area contributed by atoms with Crippen molar-refractivity contribution in [3.63, 3.8) is 0 Å². The van der Waals surface area contributed by atoms with Gasteiger partial charge in [-0.15, -0.1) is 0 Å². The first-order chi connectivity index (χ1) is 9.10. The number of carbonyl (C=O) groups excluding carboxylic acids is 1. The molecule has 1 unspecified atom stereocenters. The Hall–Kier alpha value is -1.42. The maximum atomic E-state index is 13.0. The van der Waals surface area contributed by atoms with E-state index in [0.717, 1.165) is 19.2 Å². The highest BCUT2D eigenvalue weighted by Gasteiger charge is 2.54. The van der Waals surface area contributed by atoms with Crippen molar-refractivity contribution >= 4 is 29.2 Å². The second kappa shape index (κ2) is 5.92. The number of ether oxygens (including phenoxy) is 1. The monoisotopic (exact) mass is 326 g/mol. The molecule has 0 bridgehead atoms. The predicted octanol–water partition coefficient (Wildman–Crippen LogP) is 2.92. The summed E-state index contributed by atoms with van der Waals surface area (Å²) in [6, 6.07) is 2.90. The van der Waals surface area contributed by atoms with E-state index in [2.05, 4.69) is 4.74 Å². The minimum atomic E-state index is -5.16. The van der Waals surface area contributed by atoms with Crippen molar-refractivity contribution in [3.05, 3.63) is 33.8 Å². The summed E-state index contributed by atoms with van der Waals surface area (Å²) in [4.78, 5) is 10.8. The van der Waals surface area contributed by atoms with Gasteiger partial charge >= 0.3 is 12.1 Å². The Morgan fingerprint density at radius 2 is 1.75 bits per heavy atom. The van der Waals surface area contributed by atoms with Crippen LogP contribution < -0.4 is 0 Å². The minimum Gasteiger partial charge on any atom is -0.459 e. The highest BCUT2D eigenvalue weighted by Crippen LogP contribution is 2.40. The lowest BCUT2D eigenvalue weighted by Crippen LogP contribution is -2.41. The van der Waals surface area contributed by atoms with Crippen LogP contribution in [0.3, 0.4) is 0 Å². The third kappa shape index (κ3) is 3.57. The van der Waals surface area contributed by atoms with Crippen molar-refractivity contribution in [2.24, 2.45) is 0 Å². The molecule has 0 aromatic heterocycles. The SMILES string of the molecule is COC(=O)C#CC(O)(c1cc(Cl)cc(Cl)c1)C(F)(F)F. The average molecular weight is 327 g/mol. The standard InChI is InChI=1S/C12H7Cl2F3O3/c1-20-10(18)2-3-11(19,12(15,16)17)7-4-8(13)6-9(14)5-7/h4-6,19H,1H3. The summed E-state index contributed by atoms with van der Waals surface area (Å²) in [5.41, 5.74) is -4.28. The molecule has 0 saturated carbocycles. The molecule has 0 amide bonds. The second-order valence-corrected chi connectivity index (χ2v) is 4.48. The number of benzene rings is 1. The number of carbonyl (C=O) groups is 1. The Morgan fingerprint density at radius 1 is 1.25 bits per heavy atom. The van der Waals surface area contributed by atoms with Crippen molar-refractivity contribution in [1.82, 2.24) is 0 Å². The van der Waals surface area contributed by atoms with E-state index in [4.69, 9.17) is 23.2 Å². The van der Waals surface area contributed by atoms with E-state index in [1.807, 2.05) is 0 Å². The van der Waals surface area contributed by atoms with Gasteiger partial charge in [-0.2, -0.15) is 13.2 Å². The van der Waals surface area contributed by atoms with Gasteiger partial charge in [0.2, 0.25) is 5.60 Å². The molecule has 1 aromatic carbocycles. The third-order valence-corrected chi connectivity index (χ3v) is 2.66. The van der Waals surface area contributed by atoms with Crippen LogP contribution >= 0.6 is 23.2 Å². The zero-order chi connectivity index (χ0) is 15.6. The molecule has 8 heteroatoms. The lowest BCUT2D eigenvalue weighted by Gasteiger charge is -2.25. The fraction of sp³-hybridized carbons (Fsp3) is 0.250. The van der Waals surface area contributed by atoms with Crippen LogP contribution in [0.25, 0.3) is 0 Å². The first kappa shape index (κ1) is 16.6. The quantitative estimate of drug-likeness (QED) is 0.490. The number of methoxy groups -OCH3 is 1. The molecule has 0 aliphatic rings. The van der Waals surface area contributed by atoms with E-state index in [1.54, 1.807) is 5.92 Å². The molecule has 1 atom stereocenters. The van der Waals surface area contributed by atoms with Gasteiger partial charge in [-0.3, -0.25) is 0 Å². The lowest BCUT2D eigenvalue weighted by molar-refractivity contribution is -0.240. The van der Waals surface area contributed by atoms with Gasteiger partial charge in [-0.25, -0.2) is 4.79 Å². The zero-order valence-corrected chi connectivity index (χ0v) is 11.4. The van der Waals surface area contributed by atoms with E-state index in [9.17, 15) is 23.1 Å². The highest BCUT2D eigenvalue weighted by atomic mass is 35.5. The molecule has 0 spiro atoms. The Morgan fingerprint density at radius 3 is 2.15 bits per heavy atom. The van der Waals surface area contributed by atoms with Crippen LogP contribution in [0, 0.1) is 11.8 Å². The molecular formula is C12H7Cl2F3O3. The molecule has 0 heterocycles. The van der Waals surface area contributed by atoms with Gasteiger partial charge in [0.25, 0.3) is 0 Å². The molecule has 0 aliphatic heterocycles. The highest BCUT2D eigenvalue weighted by molar-refractivity contribution is 6.34. The fourth-order valence-electron chi connectivity index (χ4n) is 1.26. The van der Waals surface area contributed by atoms with Crippen molar-refractivity contribution in [2.45, 2.75) is 11.8 Å². The summed E-state index contributed by atoms with van der Waals surface area (Å²) in [6.45, 7) is 0. The fourth-order valence-corrected chi connectivity index (χ4v) is 1.79. The van der Waals surface area contributed by atoms with Gasteiger partial charge in [-0.05, 0) is 24.1 Å². The van der Waals surface area contributed by atoms with Crippen LogP contribution in [0.1, 0.15) is 5.56 Å². The first-order valence-electron chi connectivity index (χ1n) is 4.97. The third-order valence-electron chi connectivity index (χ3n) is 2.22. The normalized spacial score (nSPS) is 13.9. The zero-order valence-electron chi connectivity index (χ0n) is 9.89. The van der Waals surface area contributed by atoms with Crippen LogP contribution in [0.15, 0.2) is 18.2 Å². The maximum absolute atomic E-state index is 13.0. The lowest BCUT2D eigenvalue weighted by atomic mass is 9.93. The summed E-state index contributed by atoms with van der Waals surface area (Å²) < 4.78 is 43.1. The Bertz CT molecular complexity index is 570. The van der Waals surface area contributed by atoms with Crippen LogP contribution in [0.4, 0.5) is 13.2 Å². The van der Waals surface area contributed by atoms with Crippen LogP contribution in [-0.4, -0.2) is 24.4 Å². The molecular weight excluding hydrogens is 320 g/mol. The summed E-state index contributed by atoms with van der Waals surface area (Å²) in [6.07, 6.45) is -5.16. The molecule has 20 heavy (non-hydrogen) atoms. The largest absolute Gasteiger partial charge is 0.459 e. The van der Waals surface area contributed by atoms with E-state index in [0.29, 0.717) is 0 Å². The number of hydrogen-bond acceptors (Lipinski definition) is 3. The van der Waals surface area contributed by atoms with Crippen LogP contribution in [0.2, 0.25) is 10.0 Å². The number of rotatable bonds is 1. The number of hydrogen-bond donors (Lipinski definition) is 1. The van der Waals surface area contributed by atoms with Crippen LogP contribution in [-0.2, 0) is 15.1 Å². The van der Waals surface area contributed by atoms with Gasteiger partial charge in [0.1, 0.15) is 0 Å². The molecule has 0 aliphatic carbocycles. The van der Waals surface area contributed by atoms with Gasteiger partial charge in [0, 0.05) is 21.5 Å². The number of alkyl halides is 3. The smallest absolute Gasteiger partial charge is 0.433 e. The molecule has 0 saturated heterocycles. The first-order valence-corrected chi connectivity index (χ1v) is 5.72. The van der Waals surface area contributed by atoms with E-state index < -0.39 is 23.3 Å². The Balaban J connectivity index is 3.45. The number of aliphatic hydroxyl groups is 1. The molecule has 0 fully saturated rings. The molecule has 1 aromatic rings. The summed E-state index contributed by atoms with van der Waals surface area (Å²) >= 11 is 11.2. The summed E-state index contributed by atoms with van der Waals surface area (Å²) in [5, 5.41) is 9.56. The summed E-state index contributed by atoms with van der Waals surface area (Å²) in [5.74, 6) is 1.77. The predicted molar refractivity (Wildman–Crippen MR) is 66.2 cm³/mol. The van der Waals surface area contributed by atoms with Crippen LogP contribution in [0.5, 0.6) is 0 Å². The van der Waals surface area contributed by atoms with Crippen molar-refractivity contribution < 1.29 is 27.8 Å². The van der Waals surface area contributed by atoms with Gasteiger partial charge in [0.15, 0.2) is 0 Å². The van der Waals surface area contributed by atoms with Crippen molar-refractivity contribution in [1.29, 1.82) is 0 Å². The van der Waals surface area contributed by atoms with Crippen molar-refractivity contribution in [3.8, 4) is 11.8 Å². The number of halogens is 5. The minimum absolute atomic E-state index is 0.116. The second-order valence-electron chi connectivity index (χ2n) is 3.61. The molecule has 1 rings (SSSR count). The molecule has 108 valence electrons. The topological polar surface area (TPSA) is 46.5 Å². The van der Waals surface area contributed by atoms with Gasteiger partial charge < -0.3 is 9.84 Å². The van der Waals surface area contributed by atoms with E-state index >= 15 is 0 Å². The molecule has 1 N–H and O–H groups in total. The molecule has 3 nitrogen and oxygen atoms in total. The molecule has 0 radical (unpaired) electrons. The Labute approximate surface area is 122 Å².